The Morgan fingerprint density at radius 2 is 1.32 bits per heavy atom. The Kier molecular flexibility index (Phi) is 5.54. The fraction of sp³-hybridized carbons (Fsp3) is 0.294. The van der Waals surface area contributed by atoms with Crippen molar-refractivity contribution in [3.05, 3.63) is 59.4 Å². The van der Waals surface area contributed by atoms with Gasteiger partial charge in [-0.2, -0.15) is 8.61 Å². The third kappa shape index (κ3) is 3.79. The molecule has 28 heavy (non-hydrogen) atoms. The van der Waals surface area contributed by atoms with Gasteiger partial charge in [0.15, 0.2) is 0 Å². The third-order valence-corrected chi connectivity index (χ3v) is 8.30. The van der Waals surface area contributed by atoms with Crippen LogP contribution in [0.25, 0.3) is 0 Å². The molecule has 1 aliphatic heterocycles. The Bertz CT molecular complexity index is 1110. The minimum atomic E-state index is -4.23. The summed E-state index contributed by atoms with van der Waals surface area (Å²) in [4.78, 5) is -0.758. The maximum absolute atomic E-state index is 13.9. The van der Waals surface area contributed by atoms with Gasteiger partial charge in [0.2, 0.25) is 20.0 Å². The fourth-order valence-corrected chi connectivity index (χ4v) is 5.88. The van der Waals surface area contributed by atoms with Gasteiger partial charge in [-0.3, -0.25) is 0 Å². The van der Waals surface area contributed by atoms with Gasteiger partial charge in [0.1, 0.15) is 22.3 Å². The van der Waals surface area contributed by atoms with E-state index in [2.05, 4.69) is 0 Å². The van der Waals surface area contributed by atoms with Crippen LogP contribution in [0, 0.1) is 24.4 Å². The highest BCUT2D eigenvalue weighted by molar-refractivity contribution is 7.89. The lowest BCUT2D eigenvalue weighted by Gasteiger charge is -2.33. The van der Waals surface area contributed by atoms with Gasteiger partial charge in [-0.1, -0.05) is 0 Å². The van der Waals surface area contributed by atoms with E-state index in [9.17, 15) is 30.0 Å². The van der Waals surface area contributed by atoms with E-state index in [4.69, 9.17) is 0 Å². The van der Waals surface area contributed by atoms with Gasteiger partial charge in [-0.25, -0.2) is 30.0 Å². The van der Waals surface area contributed by atoms with E-state index in [-0.39, 0.29) is 36.6 Å². The van der Waals surface area contributed by atoms with Crippen LogP contribution in [0.4, 0.5) is 13.2 Å². The largest absolute Gasteiger partial charge is 0.246 e. The molecule has 11 heteroatoms. The van der Waals surface area contributed by atoms with Gasteiger partial charge >= 0.3 is 0 Å². The normalized spacial score (nSPS) is 17.0. The number of aryl methyl sites for hydroxylation is 1. The fourth-order valence-electron chi connectivity index (χ4n) is 2.90. The number of rotatable bonds is 4. The van der Waals surface area contributed by atoms with Crippen molar-refractivity contribution in [1.29, 1.82) is 0 Å². The molecule has 0 spiro atoms. The Balaban J connectivity index is 1.79. The second kappa shape index (κ2) is 7.47. The molecule has 2 aromatic rings. The first-order chi connectivity index (χ1) is 13.0. The van der Waals surface area contributed by atoms with E-state index < -0.39 is 42.4 Å². The number of benzene rings is 2. The summed E-state index contributed by atoms with van der Waals surface area (Å²) >= 11 is 0. The molecule has 0 N–H and O–H groups in total. The van der Waals surface area contributed by atoms with Crippen LogP contribution < -0.4 is 0 Å². The highest BCUT2D eigenvalue weighted by atomic mass is 32.2. The van der Waals surface area contributed by atoms with Crippen LogP contribution in [0.1, 0.15) is 5.56 Å². The highest BCUT2D eigenvalue weighted by Crippen LogP contribution is 2.24. The van der Waals surface area contributed by atoms with E-state index >= 15 is 0 Å². The van der Waals surface area contributed by atoms with Crippen molar-refractivity contribution in [1.82, 2.24) is 8.61 Å². The minimum Gasteiger partial charge on any atom is -0.207 e. The molecule has 1 heterocycles. The number of hydrogen-bond acceptors (Lipinski definition) is 4. The monoisotopic (exact) mass is 434 g/mol. The number of hydrogen-bond donors (Lipinski definition) is 0. The van der Waals surface area contributed by atoms with Gasteiger partial charge in [-0.05, 0) is 42.8 Å². The average molecular weight is 434 g/mol. The maximum atomic E-state index is 13.9. The zero-order valence-corrected chi connectivity index (χ0v) is 16.4. The van der Waals surface area contributed by atoms with Crippen molar-refractivity contribution in [2.45, 2.75) is 16.7 Å². The Labute approximate surface area is 161 Å². The zero-order chi connectivity index (χ0) is 20.7. The number of halogens is 3. The van der Waals surface area contributed by atoms with E-state index in [0.717, 1.165) is 32.9 Å². The van der Waals surface area contributed by atoms with Gasteiger partial charge in [0.05, 0.1) is 4.90 Å². The molecule has 0 amide bonds. The Hall–Kier alpha value is -1.95. The van der Waals surface area contributed by atoms with Crippen LogP contribution in [0.3, 0.4) is 0 Å². The molecule has 0 atom stereocenters. The smallest absolute Gasteiger partial charge is 0.207 e. The van der Waals surface area contributed by atoms with Gasteiger partial charge in [0.25, 0.3) is 0 Å². The van der Waals surface area contributed by atoms with Crippen molar-refractivity contribution in [2.24, 2.45) is 0 Å². The molecule has 0 aliphatic carbocycles. The molecule has 0 unspecified atom stereocenters. The first-order valence-corrected chi connectivity index (χ1v) is 11.1. The zero-order valence-electron chi connectivity index (χ0n) is 14.8. The maximum Gasteiger partial charge on any atom is 0.246 e. The highest BCUT2D eigenvalue weighted by Gasteiger charge is 2.35. The summed E-state index contributed by atoms with van der Waals surface area (Å²) in [7, 11) is -8.16. The molecule has 6 nitrogen and oxygen atoms in total. The summed E-state index contributed by atoms with van der Waals surface area (Å²) in [6, 6.07) is 5.57. The van der Waals surface area contributed by atoms with E-state index in [1.165, 1.54) is 13.0 Å². The molecule has 3 rings (SSSR count). The molecule has 0 saturated carbocycles. The molecule has 2 aromatic carbocycles. The van der Waals surface area contributed by atoms with Gasteiger partial charge in [-0.15, -0.1) is 0 Å². The first-order valence-electron chi connectivity index (χ1n) is 8.25. The predicted molar refractivity (Wildman–Crippen MR) is 95.0 cm³/mol. The van der Waals surface area contributed by atoms with Crippen LogP contribution in [0.2, 0.25) is 0 Å². The Morgan fingerprint density at radius 1 is 0.750 bits per heavy atom. The molecule has 0 radical (unpaired) electrons. The summed E-state index contributed by atoms with van der Waals surface area (Å²) < 4.78 is 92.9. The summed E-state index contributed by atoms with van der Waals surface area (Å²) in [5.41, 5.74) is 0.175. The van der Waals surface area contributed by atoms with Crippen LogP contribution in [-0.4, -0.2) is 51.6 Å². The van der Waals surface area contributed by atoms with Crippen molar-refractivity contribution in [3.8, 4) is 0 Å². The first kappa shape index (κ1) is 20.8. The van der Waals surface area contributed by atoms with Crippen molar-refractivity contribution < 1.29 is 30.0 Å². The SMILES string of the molecule is Cc1cc(S(=O)(=O)N2CCN(S(=O)(=O)c3ccc(F)cc3F)CC2)ccc1F. The molecule has 0 aromatic heterocycles. The van der Waals surface area contributed by atoms with Crippen LogP contribution in [-0.2, 0) is 20.0 Å². The van der Waals surface area contributed by atoms with Crippen LogP contribution >= 0.6 is 0 Å². The third-order valence-electron chi connectivity index (χ3n) is 4.48. The minimum absolute atomic E-state index is 0.0905. The lowest BCUT2D eigenvalue weighted by molar-refractivity contribution is 0.272. The van der Waals surface area contributed by atoms with Gasteiger partial charge < -0.3 is 0 Å². The summed E-state index contributed by atoms with van der Waals surface area (Å²) in [6.07, 6.45) is 0. The Morgan fingerprint density at radius 3 is 1.86 bits per heavy atom. The van der Waals surface area contributed by atoms with Crippen LogP contribution in [0.15, 0.2) is 46.2 Å². The van der Waals surface area contributed by atoms with Gasteiger partial charge in [0, 0.05) is 32.2 Å². The second-order valence-corrected chi connectivity index (χ2v) is 10.1. The summed E-state index contributed by atoms with van der Waals surface area (Å²) in [5.74, 6) is -2.64. The van der Waals surface area contributed by atoms with Crippen molar-refractivity contribution >= 4 is 20.0 Å². The van der Waals surface area contributed by atoms with E-state index in [1.807, 2.05) is 0 Å². The van der Waals surface area contributed by atoms with Crippen LogP contribution in [0.5, 0.6) is 0 Å². The standard InChI is InChI=1S/C17H17F3N2O4S2/c1-12-10-14(3-4-15(12)19)27(23,24)21-6-8-22(9-7-21)28(25,26)17-5-2-13(18)11-16(17)20/h2-5,10-11H,6-9H2,1H3. The number of nitrogens with zero attached hydrogens (tertiary/aromatic N) is 2. The quantitative estimate of drug-likeness (QED) is 0.739. The lowest BCUT2D eigenvalue weighted by atomic mass is 10.2. The van der Waals surface area contributed by atoms with Crippen molar-refractivity contribution in [2.75, 3.05) is 26.2 Å². The topological polar surface area (TPSA) is 74.8 Å². The molecule has 152 valence electrons. The molecule has 1 saturated heterocycles. The molecular formula is C17H17F3N2O4S2. The summed E-state index contributed by atoms with van der Waals surface area (Å²) in [6.45, 7) is 0.745. The predicted octanol–water partition coefficient (Wildman–Crippen LogP) is 2.11. The lowest BCUT2D eigenvalue weighted by Crippen LogP contribution is -2.50. The molecule has 1 aliphatic rings. The average Bonchev–Trinajstić information content (AvgIpc) is 2.63. The number of piperazine rings is 1. The molecule has 0 bridgehead atoms. The second-order valence-electron chi connectivity index (χ2n) is 6.29. The van der Waals surface area contributed by atoms with E-state index in [1.54, 1.807) is 0 Å². The summed E-state index contributed by atoms with van der Waals surface area (Å²) in [5, 5.41) is 0. The molecule has 1 fully saturated rings. The van der Waals surface area contributed by atoms with E-state index in [0.29, 0.717) is 6.07 Å². The molecular weight excluding hydrogens is 417 g/mol. The number of sulfonamides is 2. The van der Waals surface area contributed by atoms with Crippen molar-refractivity contribution in [3.63, 3.8) is 0 Å².